The molecule has 0 spiro atoms. The number of pyridine rings is 1. The summed E-state index contributed by atoms with van der Waals surface area (Å²) in [5, 5.41) is 1.93. The van der Waals surface area contributed by atoms with E-state index < -0.39 is 0 Å². The maximum atomic E-state index is 4.10. The van der Waals surface area contributed by atoms with Crippen LogP contribution in [0.5, 0.6) is 0 Å². The molecule has 1 aromatic rings. The summed E-state index contributed by atoms with van der Waals surface area (Å²) in [5.74, 6) is 0. The number of hydrazine groups is 1. The van der Waals surface area contributed by atoms with E-state index >= 15 is 0 Å². The summed E-state index contributed by atoms with van der Waals surface area (Å²) in [4.78, 5) is 4.10. The van der Waals surface area contributed by atoms with Gasteiger partial charge >= 0.3 is 0 Å². The van der Waals surface area contributed by atoms with Gasteiger partial charge in [0.05, 0.1) is 0 Å². The lowest BCUT2D eigenvalue weighted by Gasteiger charge is -2.11. The van der Waals surface area contributed by atoms with Crippen LogP contribution in [0, 0.1) is 6.92 Å². The predicted molar refractivity (Wildman–Crippen MR) is 49.5 cm³/mol. The molecule has 0 fully saturated rings. The second-order valence-corrected chi connectivity index (χ2v) is 3.10. The maximum absolute atomic E-state index is 4.10. The molecule has 12 heavy (non-hydrogen) atoms. The van der Waals surface area contributed by atoms with Gasteiger partial charge in [-0.25, -0.2) is 0 Å². The summed E-state index contributed by atoms with van der Waals surface area (Å²) in [6.45, 7) is 2.88. The van der Waals surface area contributed by atoms with Gasteiger partial charge in [-0.3, -0.25) is 15.4 Å². The van der Waals surface area contributed by atoms with Crippen molar-refractivity contribution in [3.8, 4) is 0 Å². The van der Waals surface area contributed by atoms with Crippen LogP contribution in [0.1, 0.15) is 11.1 Å². The molecule has 1 N–H and O–H groups in total. The molecule has 0 atom stereocenters. The van der Waals surface area contributed by atoms with Gasteiger partial charge in [-0.15, -0.1) is 0 Å². The molecular formula is C9H15N3. The molecule has 0 bridgehead atoms. The topological polar surface area (TPSA) is 28.2 Å². The summed E-state index contributed by atoms with van der Waals surface area (Å²) in [5.41, 5.74) is 5.60. The quantitative estimate of drug-likeness (QED) is 0.676. The minimum absolute atomic E-state index is 0.835. The normalized spacial score (nSPS) is 10.7. The van der Waals surface area contributed by atoms with Crippen molar-refractivity contribution >= 4 is 0 Å². The Morgan fingerprint density at radius 1 is 1.42 bits per heavy atom. The van der Waals surface area contributed by atoms with Gasteiger partial charge in [-0.2, -0.15) is 0 Å². The van der Waals surface area contributed by atoms with E-state index in [2.05, 4.69) is 16.5 Å². The van der Waals surface area contributed by atoms with Gasteiger partial charge in [0.1, 0.15) is 0 Å². The second kappa shape index (κ2) is 4.18. The average molecular weight is 165 g/mol. The Kier molecular flexibility index (Phi) is 3.19. The standard InChI is InChI=1S/C9H15N3/c1-8-4-9(6-10-5-8)7-11-12(2)3/h4-6,11H,7H2,1-3H3. The highest BCUT2D eigenvalue weighted by Gasteiger charge is 1.93. The third-order valence-electron chi connectivity index (χ3n) is 1.53. The van der Waals surface area contributed by atoms with Gasteiger partial charge in [0.15, 0.2) is 0 Å². The van der Waals surface area contributed by atoms with Gasteiger partial charge in [0.25, 0.3) is 0 Å². The van der Waals surface area contributed by atoms with Crippen molar-refractivity contribution in [2.75, 3.05) is 14.1 Å². The van der Waals surface area contributed by atoms with Crippen molar-refractivity contribution in [1.29, 1.82) is 0 Å². The zero-order valence-electron chi connectivity index (χ0n) is 7.83. The Bertz CT molecular complexity index is 245. The molecule has 0 saturated carbocycles. The Balaban J connectivity index is 2.52. The lowest BCUT2D eigenvalue weighted by atomic mass is 10.2. The van der Waals surface area contributed by atoms with Crippen LogP contribution in [-0.4, -0.2) is 24.1 Å². The Labute approximate surface area is 73.4 Å². The van der Waals surface area contributed by atoms with Crippen molar-refractivity contribution in [2.24, 2.45) is 0 Å². The SMILES string of the molecule is Cc1cncc(CNN(C)C)c1. The van der Waals surface area contributed by atoms with E-state index in [9.17, 15) is 0 Å². The molecule has 1 rings (SSSR count). The fraction of sp³-hybridized carbons (Fsp3) is 0.444. The lowest BCUT2D eigenvalue weighted by Crippen LogP contribution is -2.29. The molecule has 0 amide bonds. The fourth-order valence-corrected chi connectivity index (χ4v) is 0.964. The van der Waals surface area contributed by atoms with Crippen molar-refractivity contribution in [3.05, 3.63) is 29.6 Å². The van der Waals surface area contributed by atoms with Crippen LogP contribution in [0.25, 0.3) is 0 Å². The molecule has 3 heteroatoms. The first-order valence-electron chi connectivity index (χ1n) is 4.00. The number of nitrogens with one attached hydrogen (secondary N) is 1. The van der Waals surface area contributed by atoms with Crippen molar-refractivity contribution in [3.63, 3.8) is 0 Å². The molecule has 1 aromatic heterocycles. The number of aromatic nitrogens is 1. The first-order chi connectivity index (χ1) is 5.68. The maximum Gasteiger partial charge on any atom is 0.0368 e. The van der Waals surface area contributed by atoms with E-state index in [0.717, 1.165) is 6.54 Å². The van der Waals surface area contributed by atoms with E-state index in [0.29, 0.717) is 0 Å². The molecule has 0 saturated heterocycles. The molecule has 3 nitrogen and oxygen atoms in total. The van der Waals surface area contributed by atoms with Crippen LogP contribution in [-0.2, 0) is 6.54 Å². The van der Waals surface area contributed by atoms with Crippen molar-refractivity contribution in [1.82, 2.24) is 15.4 Å². The Morgan fingerprint density at radius 3 is 2.75 bits per heavy atom. The van der Waals surface area contributed by atoms with Gasteiger partial charge in [-0.1, -0.05) is 6.07 Å². The van der Waals surface area contributed by atoms with E-state index in [4.69, 9.17) is 0 Å². The zero-order chi connectivity index (χ0) is 8.97. The van der Waals surface area contributed by atoms with Crippen LogP contribution in [0.3, 0.4) is 0 Å². The number of aryl methyl sites for hydroxylation is 1. The van der Waals surface area contributed by atoms with Crippen LogP contribution in [0.15, 0.2) is 18.5 Å². The molecule has 0 unspecified atom stereocenters. The van der Waals surface area contributed by atoms with Gasteiger partial charge in [-0.05, 0) is 18.1 Å². The minimum Gasteiger partial charge on any atom is -0.264 e. The van der Waals surface area contributed by atoms with Crippen molar-refractivity contribution in [2.45, 2.75) is 13.5 Å². The molecule has 0 aliphatic carbocycles. The fourth-order valence-electron chi connectivity index (χ4n) is 0.964. The molecule has 0 aromatic carbocycles. The van der Waals surface area contributed by atoms with E-state index in [1.807, 2.05) is 38.4 Å². The molecule has 0 aliphatic heterocycles. The first-order valence-corrected chi connectivity index (χ1v) is 4.00. The van der Waals surface area contributed by atoms with Gasteiger partial charge in [0.2, 0.25) is 0 Å². The highest BCUT2D eigenvalue weighted by Crippen LogP contribution is 1.99. The third-order valence-corrected chi connectivity index (χ3v) is 1.53. The average Bonchev–Trinajstić information content (AvgIpc) is 2.01. The summed E-state index contributed by atoms with van der Waals surface area (Å²) in [6, 6.07) is 2.13. The highest BCUT2D eigenvalue weighted by atomic mass is 15.5. The molecule has 0 aliphatic rings. The van der Waals surface area contributed by atoms with Gasteiger partial charge in [0, 0.05) is 33.0 Å². The second-order valence-electron chi connectivity index (χ2n) is 3.10. The molecular weight excluding hydrogens is 150 g/mol. The Hall–Kier alpha value is -0.930. The van der Waals surface area contributed by atoms with Crippen molar-refractivity contribution < 1.29 is 0 Å². The number of rotatable bonds is 3. The van der Waals surface area contributed by atoms with Crippen LogP contribution in [0.2, 0.25) is 0 Å². The Morgan fingerprint density at radius 2 is 2.17 bits per heavy atom. The predicted octanol–water partition coefficient (Wildman–Crippen LogP) is 0.956. The summed E-state index contributed by atoms with van der Waals surface area (Å²) in [7, 11) is 3.95. The largest absolute Gasteiger partial charge is 0.264 e. The van der Waals surface area contributed by atoms with Gasteiger partial charge < -0.3 is 0 Å². The monoisotopic (exact) mass is 165 g/mol. The summed E-state index contributed by atoms with van der Waals surface area (Å²) >= 11 is 0. The number of hydrogen-bond acceptors (Lipinski definition) is 3. The highest BCUT2D eigenvalue weighted by molar-refractivity contribution is 5.16. The van der Waals surface area contributed by atoms with Crippen LogP contribution >= 0.6 is 0 Å². The molecule has 1 heterocycles. The van der Waals surface area contributed by atoms with Crippen LogP contribution < -0.4 is 5.43 Å². The molecule has 0 radical (unpaired) electrons. The molecule has 66 valence electrons. The smallest absolute Gasteiger partial charge is 0.0368 e. The van der Waals surface area contributed by atoms with Crippen LogP contribution in [0.4, 0.5) is 0 Å². The third kappa shape index (κ3) is 2.98. The van der Waals surface area contributed by atoms with E-state index in [1.54, 1.807) is 0 Å². The lowest BCUT2D eigenvalue weighted by molar-refractivity contribution is 0.286. The summed E-state index contributed by atoms with van der Waals surface area (Å²) in [6.07, 6.45) is 3.74. The van der Waals surface area contributed by atoms with E-state index in [1.165, 1.54) is 11.1 Å². The van der Waals surface area contributed by atoms with E-state index in [-0.39, 0.29) is 0 Å². The number of hydrogen-bond donors (Lipinski definition) is 1. The zero-order valence-corrected chi connectivity index (χ0v) is 7.83. The summed E-state index contributed by atoms with van der Waals surface area (Å²) < 4.78 is 0. The first kappa shape index (κ1) is 9.16. The minimum atomic E-state index is 0.835. The number of nitrogens with zero attached hydrogens (tertiary/aromatic N) is 2.